The van der Waals surface area contributed by atoms with Crippen LogP contribution in [0.1, 0.15) is 22.3 Å². The highest BCUT2D eigenvalue weighted by Crippen LogP contribution is 2.84. The molecule has 5 aliphatic rings. The molecule has 1 amide bonds. The van der Waals surface area contributed by atoms with Gasteiger partial charge in [-0.15, -0.1) is 0 Å². The van der Waals surface area contributed by atoms with E-state index in [0.717, 1.165) is 0 Å². The van der Waals surface area contributed by atoms with Crippen LogP contribution in [0.4, 0.5) is 4.79 Å². The van der Waals surface area contributed by atoms with Gasteiger partial charge in [0.25, 0.3) is 0 Å². The molecular weight excluding hydrogens is 779 g/mol. The third-order valence-corrected chi connectivity index (χ3v) is 23.8. The number of hydrogen-bond acceptors (Lipinski definition) is 2. The predicted octanol–water partition coefficient (Wildman–Crippen LogP) is 15.9. The van der Waals surface area contributed by atoms with E-state index in [1.54, 1.807) is 205 Å². The maximum Gasteiger partial charge on any atom is 0.409 e. The number of nitrogens with one attached hydrogen (secondary N) is 1. The lowest BCUT2D eigenvalue weighted by Crippen LogP contribution is -2.54. The van der Waals surface area contributed by atoms with Crippen molar-refractivity contribution in [2.24, 2.45) is 0 Å². The van der Waals surface area contributed by atoms with Crippen LogP contribution in [-0.4, -0.2) is 6.09 Å². The second-order valence-electron chi connectivity index (χ2n) is 23.7. The van der Waals surface area contributed by atoms with Crippen LogP contribution in [0.2, 0.25) is 0 Å². The fraction of sp³-hybridized carbons (Fsp3) is 0.0328. The van der Waals surface area contributed by atoms with Gasteiger partial charge < -0.3 is 10.1 Å². The lowest BCUT2D eigenvalue weighted by molar-refractivity contribution is 0.0515. The lowest BCUT2D eigenvalue weighted by atomic mass is 9.60. The van der Waals surface area contributed by atoms with Gasteiger partial charge in [0.05, 0.1) is 0 Å². The summed E-state index contributed by atoms with van der Waals surface area (Å²) >= 11 is 0. The van der Waals surface area contributed by atoms with Crippen molar-refractivity contribution in [3.05, 3.63) is 22.3 Å². The Morgan fingerprint density at radius 1 is 0.203 bits per heavy atom. The summed E-state index contributed by atoms with van der Waals surface area (Å²) in [5.41, 5.74) is 3.65. The van der Waals surface area contributed by atoms with Crippen molar-refractivity contribution in [2.45, 2.75) is 11.1 Å². The molecule has 0 aromatic heterocycles. The molecule has 1 aliphatic heterocycles. The van der Waals surface area contributed by atoms with Gasteiger partial charge in [-0.25, -0.2) is 4.79 Å². The van der Waals surface area contributed by atoms with Crippen LogP contribution in [0.3, 0.4) is 0 Å². The van der Waals surface area contributed by atoms with Crippen molar-refractivity contribution in [1.82, 2.24) is 5.32 Å². The SMILES string of the molecule is O=C1NC23c4c5c6c7c8c9c(c%10c%11c2c2c4c4c%12c5c5c6c6c8c8c%13c9c9c%10c%10c%11c%11c2c2c4c4c%12c%12c5c5c6c8c6c8c%13c9c9c%10c%10c%11c2c2c4c4c%12c5c6c5c8c9c%10c2c45)C73O1. The zero-order valence-electron chi connectivity index (χ0n) is 31.8. The summed E-state index contributed by atoms with van der Waals surface area (Å²) in [6.45, 7) is 0. The Morgan fingerprint density at radius 2 is 0.344 bits per heavy atom. The van der Waals surface area contributed by atoms with Crippen LogP contribution < -0.4 is 5.32 Å². The zero-order chi connectivity index (χ0) is 37.5. The highest BCUT2D eigenvalue weighted by atomic mass is 16.6. The van der Waals surface area contributed by atoms with Gasteiger partial charge in [-0.2, -0.15) is 0 Å². The van der Waals surface area contributed by atoms with Crippen molar-refractivity contribution < 1.29 is 9.53 Å². The maximum absolute atomic E-state index is 15.2. The van der Waals surface area contributed by atoms with Gasteiger partial charge in [0.2, 0.25) is 0 Å². The molecule has 33 rings (SSSR count). The van der Waals surface area contributed by atoms with E-state index >= 15 is 4.79 Å². The van der Waals surface area contributed by atoms with Crippen molar-refractivity contribution in [2.75, 3.05) is 0 Å². The Morgan fingerprint density at radius 3 is 0.516 bits per heavy atom. The molecule has 0 bridgehead atoms. The molecule has 28 aromatic carbocycles. The number of ether oxygens (including phenoxy) is 1. The van der Waals surface area contributed by atoms with Crippen molar-refractivity contribution in [3.8, 4) is 0 Å². The van der Waals surface area contributed by atoms with Crippen LogP contribution >= 0.6 is 0 Å². The number of carbonyl (C=O) groups excluding carboxylic acids is 1. The summed E-state index contributed by atoms with van der Waals surface area (Å²) in [6, 6.07) is 0. The van der Waals surface area contributed by atoms with Crippen LogP contribution in [0.15, 0.2) is 0 Å². The second kappa shape index (κ2) is 4.73. The van der Waals surface area contributed by atoms with Crippen LogP contribution in [-0.2, 0) is 15.9 Å². The van der Waals surface area contributed by atoms with Crippen molar-refractivity contribution in [3.63, 3.8) is 0 Å². The number of carbonyl (C=O) groups is 1. The summed E-state index contributed by atoms with van der Waals surface area (Å²) in [4.78, 5) is 15.2. The molecule has 64 heavy (non-hydrogen) atoms. The molecule has 1 fully saturated rings. The average molecular weight is 780 g/mol. The third kappa shape index (κ3) is 1.06. The lowest BCUT2D eigenvalue weighted by Gasteiger charge is -2.46. The molecule has 0 atom stereocenters. The summed E-state index contributed by atoms with van der Waals surface area (Å²) < 4.78 is 7.60. The maximum atomic E-state index is 15.2. The monoisotopic (exact) mass is 779 g/mol. The standard InChI is InChI=1S/C61HNO2/c63-59-62-60-55-47-39-29-19-11-3-1-2-5-9-7(3)15-23-17(9)27-21-13(5)14-6(2)10-8-4(1)12(11)20-26-16(8)24-18(10)28-22(14)32-31(21)43-37(27)45-35(23)41(33(39)25(15)19)49(55)51(45)57-53(43)54-44(32)38(28)46-36(24)42-34(26)40(30(20)29)48(47)56(60)50(42)52(46)58(54)61(57,60)64-59/h(H,62,63). The summed E-state index contributed by atoms with van der Waals surface area (Å²) in [5, 5.41) is 87.6. The van der Waals surface area contributed by atoms with E-state index in [-0.39, 0.29) is 6.09 Å². The third-order valence-electron chi connectivity index (χ3n) is 23.8. The van der Waals surface area contributed by atoms with E-state index in [1.165, 1.54) is 108 Å². The van der Waals surface area contributed by atoms with E-state index < -0.39 is 11.1 Å². The molecule has 0 radical (unpaired) electrons. The molecule has 2 spiro atoms. The number of hydrogen-bond donors (Lipinski definition) is 1. The van der Waals surface area contributed by atoms with Crippen LogP contribution in [0, 0.1) is 0 Å². The second-order valence-corrected chi connectivity index (χ2v) is 23.7. The first-order chi connectivity index (χ1) is 31.8. The van der Waals surface area contributed by atoms with Crippen molar-refractivity contribution >= 4 is 297 Å². The number of rotatable bonds is 0. The zero-order valence-corrected chi connectivity index (χ0v) is 31.8. The topological polar surface area (TPSA) is 38.3 Å². The molecule has 262 valence electrons. The molecule has 1 saturated heterocycles. The molecular formula is C61HNO2. The summed E-state index contributed by atoms with van der Waals surface area (Å²) in [6.07, 6.45) is -0.241. The first-order valence-electron chi connectivity index (χ1n) is 23.6. The molecule has 3 heteroatoms. The molecule has 1 N–H and O–H groups in total. The number of alkyl carbamates (subject to hydrolysis) is 1. The smallest absolute Gasteiger partial charge is 0.409 e. The Hall–Kier alpha value is -8.27. The molecule has 0 saturated carbocycles. The van der Waals surface area contributed by atoms with E-state index in [9.17, 15) is 0 Å². The van der Waals surface area contributed by atoms with E-state index in [4.69, 9.17) is 4.74 Å². The predicted molar refractivity (Wildman–Crippen MR) is 263 cm³/mol. The Balaban J connectivity index is 1.29. The Labute approximate surface area is 343 Å². The summed E-state index contributed by atoms with van der Waals surface area (Å²) in [7, 11) is 0. The molecule has 1 heterocycles. The van der Waals surface area contributed by atoms with Crippen LogP contribution in [0.5, 0.6) is 0 Å². The van der Waals surface area contributed by atoms with Gasteiger partial charge in [-0.05, 0) is 291 Å². The highest BCUT2D eigenvalue weighted by molar-refractivity contribution is 6.82. The number of amides is 1. The van der Waals surface area contributed by atoms with Gasteiger partial charge in [0.1, 0.15) is 5.54 Å². The molecule has 28 aromatic rings. The quantitative estimate of drug-likeness (QED) is 0.156. The normalized spacial score (nSPS) is 23.4. The summed E-state index contributed by atoms with van der Waals surface area (Å²) in [5.74, 6) is 0. The largest absolute Gasteiger partial charge is 0.430 e. The van der Waals surface area contributed by atoms with Gasteiger partial charge in [0.15, 0.2) is 5.60 Å². The minimum absolute atomic E-state index is 0.241. The highest BCUT2D eigenvalue weighted by Gasteiger charge is 2.75. The first kappa shape index (κ1) is 22.2. The average Bonchev–Trinajstić information content (AvgIpc) is 4.13. The minimum atomic E-state index is -0.991. The fourth-order valence-corrected chi connectivity index (χ4v) is 23.9. The minimum Gasteiger partial charge on any atom is -0.430 e. The molecule has 4 aliphatic carbocycles. The van der Waals surface area contributed by atoms with Crippen LogP contribution in [0.25, 0.3) is 291 Å². The molecule has 3 nitrogen and oxygen atoms in total. The van der Waals surface area contributed by atoms with Gasteiger partial charge in [0, 0.05) is 22.3 Å². The van der Waals surface area contributed by atoms with Gasteiger partial charge >= 0.3 is 6.09 Å². The van der Waals surface area contributed by atoms with E-state index in [2.05, 4.69) is 5.32 Å². The van der Waals surface area contributed by atoms with E-state index in [0.29, 0.717) is 0 Å². The Bertz CT molecular complexity index is 6450. The van der Waals surface area contributed by atoms with Gasteiger partial charge in [-0.3, -0.25) is 0 Å². The fourth-order valence-electron chi connectivity index (χ4n) is 23.9. The molecule has 0 unspecified atom stereocenters. The van der Waals surface area contributed by atoms with Gasteiger partial charge in [-0.1, -0.05) is 0 Å². The Kier molecular flexibility index (Phi) is 1.64. The van der Waals surface area contributed by atoms with E-state index in [1.807, 2.05) is 0 Å². The van der Waals surface area contributed by atoms with Crippen molar-refractivity contribution in [1.29, 1.82) is 0 Å². The number of benzene rings is 18. The first-order valence-corrected chi connectivity index (χ1v) is 23.6.